The molecule has 0 aliphatic heterocycles. The fourth-order valence-corrected chi connectivity index (χ4v) is 3.76. The maximum Gasteiger partial charge on any atom is 0.416 e. The third kappa shape index (κ3) is 8.65. The SMILES string of the molecule is CCCCC(CC)CN(CC(CC)CCCC)C(=O)c1cc(F)cc(C(F)(F)F)c1. The van der Waals surface area contributed by atoms with Gasteiger partial charge in [0.25, 0.3) is 5.91 Å². The van der Waals surface area contributed by atoms with Gasteiger partial charge in [0.2, 0.25) is 0 Å². The van der Waals surface area contributed by atoms with Crippen molar-refractivity contribution in [2.75, 3.05) is 13.1 Å². The fraction of sp³-hybridized carbons (Fsp3) is 0.708. The Morgan fingerprint density at radius 2 is 1.40 bits per heavy atom. The number of alkyl halides is 3. The molecule has 30 heavy (non-hydrogen) atoms. The van der Waals surface area contributed by atoms with Crippen LogP contribution in [-0.4, -0.2) is 23.9 Å². The van der Waals surface area contributed by atoms with Crippen molar-refractivity contribution in [3.63, 3.8) is 0 Å². The lowest BCUT2D eigenvalue weighted by atomic mass is 9.95. The number of unbranched alkanes of at least 4 members (excludes halogenated alkanes) is 2. The fourth-order valence-electron chi connectivity index (χ4n) is 3.76. The molecule has 0 fully saturated rings. The summed E-state index contributed by atoms with van der Waals surface area (Å²) in [6.45, 7) is 9.35. The van der Waals surface area contributed by atoms with Crippen LogP contribution in [0.4, 0.5) is 17.6 Å². The first-order chi connectivity index (χ1) is 14.2. The Balaban J connectivity index is 3.18. The highest BCUT2D eigenvalue weighted by Crippen LogP contribution is 2.31. The summed E-state index contributed by atoms with van der Waals surface area (Å²) in [5.74, 6) is -0.976. The first kappa shape index (κ1) is 26.4. The first-order valence-electron chi connectivity index (χ1n) is 11.3. The Morgan fingerprint density at radius 3 is 1.80 bits per heavy atom. The van der Waals surface area contributed by atoms with E-state index in [2.05, 4.69) is 27.7 Å². The van der Waals surface area contributed by atoms with Gasteiger partial charge in [-0.05, 0) is 42.9 Å². The predicted octanol–water partition coefficient (Wildman–Crippen LogP) is 7.72. The zero-order valence-electron chi connectivity index (χ0n) is 18.8. The standard InChI is InChI=1S/C24H37F4NO/c1-5-9-11-18(7-3)16-29(17-19(8-4)12-10-6-2)23(30)20-13-21(24(26,27)28)15-22(25)14-20/h13-15,18-19H,5-12,16-17H2,1-4H3. The molecule has 0 aliphatic carbocycles. The summed E-state index contributed by atoms with van der Waals surface area (Å²) >= 11 is 0. The summed E-state index contributed by atoms with van der Waals surface area (Å²) in [6.07, 6.45) is 3.24. The van der Waals surface area contributed by atoms with Gasteiger partial charge in [-0.2, -0.15) is 13.2 Å². The smallest absolute Gasteiger partial charge is 0.338 e. The maximum absolute atomic E-state index is 13.9. The first-order valence-corrected chi connectivity index (χ1v) is 11.3. The maximum atomic E-state index is 13.9. The third-order valence-electron chi connectivity index (χ3n) is 5.80. The van der Waals surface area contributed by atoms with E-state index in [0.29, 0.717) is 19.2 Å². The van der Waals surface area contributed by atoms with E-state index >= 15 is 0 Å². The minimum absolute atomic E-state index is 0.224. The highest BCUT2D eigenvalue weighted by molar-refractivity contribution is 5.94. The molecule has 0 saturated carbocycles. The Labute approximate surface area is 179 Å². The van der Waals surface area contributed by atoms with Crippen LogP contribution in [0.15, 0.2) is 18.2 Å². The molecule has 6 heteroatoms. The van der Waals surface area contributed by atoms with Crippen LogP contribution in [0.1, 0.15) is 95.0 Å². The Morgan fingerprint density at radius 1 is 0.900 bits per heavy atom. The van der Waals surface area contributed by atoms with E-state index in [1.807, 2.05) is 0 Å². The van der Waals surface area contributed by atoms with Crippen molar-refractivity contribution >= 4 is 5.91 Å². The van der Waals surface area contributed by atoms with Crippen LogP contribution in [0.5, 0.6) is 0 Å². The Bertz CT molecular complexity index is 627. The average molecular weight is 432 g/mol. The van der Waals surface area contributed by atoms with Crippen molar-refractivity contribution in [1.82, 2.24) is 4.90 Å². The Hall–Kier alpha value is -1.59. The van der Waals surface area contributed by atoms with Crippen LogP contribution in [0.25, 0.3) is 0 Å². The van der Waals surface area contributed by atoms with E-state index in [1.54, 1.807) is 4.90 Å². The van der Waals surface area contributed by atoms with Gasteiger partial charge in [0.05, 0.1) is 5.56 Å². The highest BCUT2D eigenvalue weighted by atomic mass is 19.4. The summed E-state index contributed by atoms with van der Waals surface area (Å²) in [6, 6.07) is 2.14. The number of nitrogens with zero attached hydrogens (tertiary/aromatic N) is 1. The van der Waals surface area contributed by atoms with Gasteiger partial charge in [-0.1, -0.05) is 66.2 Å². The molecule has 2 atom stereocenters. The topological polar surface area (TPSA) is 20.3 Å². The molecule has 0 aromatic heterocycles. The van der Waals surface area contributed by atoms with Crippen LogP contribution in [0.2, 0.25) is 0 Å². The number of hydrogen-bond acceptors (Lipinski definition) is 1. The summed E-state index contributed by atoms with van der Waals surface area (Å²) in [7, 11) is 0. The van der Waals surface area contributed by atoms with Crippen molar-refractivity contribution in [3.8, 4) is 0 Å². The average Bonchev–Trinajstić information content (AvgIpc) is 2.71. The minimum Gasteiger partial charge on any atom is -0.338 e. The number of carbonyl (C=O) groups excluding carboxylic acids is 1. The molecule has 0 radical (unpaired) electrons. The number of rotatable bonds is 13. The van der Waals surface area contributed by atoms with Crippen molar-refractivity contribution in [2.45, 2.75) is 85.2 Å². The van der Waals surface area contributed by atoms with Gasteiger partial charge >= 0.3 is 6.18 Å². The molecular weight excluding hydrogens is 394 g/mol. The molecule has 0 aliphatic rings. The summed E-state index contributed by atoms with van der Waals surface area (Å²) in [4.78, 5) is 14.9. The molecule has 0 N–H and O–H groups in total. The van der Waals surface area contributed by atoms with Crippen molar-refractivity contribution in [2.24, 2.45) is 11.8 Å². The largest absolute Gasteiger partial charge is 0.416 e. The normalized spacial score (nSPS) is 13.9. The minimum atomic E-state index is -4.69. The third-order valence-corrected chi connectivity index (χ3v) is 5.80. The lowest BCUT2D eigenvalue weighted by Gasteiger charge is -2.31. The van der Waals surface area contributed by atoms with Crippen LogP contribution >= 0.6 is 0 Å². The zero-order valence-corrected chi connectivity index (χ0v) is 18.8. The van der Waals surface area contributed by atoms with Crippen LogP contribution in [0.3, 0.4) is 0 Å². The Kier molecular flexibility index (Phi) is 11.4. The van der Waals surface area contributed by atoms with Gasteiger partial charge in [0.1, 0.15) is 5.82 Å². The molecular formula is C24H37F4NO. The van der Waals surface area contributed by atoms with E-state index in [0.717, 1.165) is 63.5 Å². The molecule has 1 amide bonds. The van der Waals surface area contributed by atoms with Gasteiger partial charge < -0.3 is 4.90 Å². The van der Waals surface area contributed by atoms with Crippen molar-refractivity contribution in [3.05, 3.63) is 35.1 Å². The highest BCUT2D eigenvalue weighted by Gasteiger charge is 2.33. The molecule has 0 spiro atoms. The van der Waals surface area contributed by atoms with E-state index in [4.69, 9.17) is 0 Å². The van der Waals surface area contributed by atoms with Gasteiger partial charge in [-0.25, -0.2) is 4.39 Å². The van der Waals surface area contributed by atoms with E-state index < -0.39 is 23.5 Å². The monoisotopic (exact) mass is 431 g/mol. The molecule has 1 aromatic rings. The molecule has 1 aromatic carbocycles. The van der Waals surface area contributed by atoms with Crippen molar-refractivity contribution < 1.29 is 22.4 Å². The van der Waals surface area contributed by atoms with Crippen LogP contribution < -0.4 is 0 Å². The summed E-state index contributed by atoms with van der Waals surface area (Å²) in [5, 5.41) is 0. The molecule has 2 nitrogen and oxygen atoms in total. The molecule has 0 saturated heterocycles. The van der Waals surface area contributed by atoms with E-state index in [1.165, 1.54) is 0 Å². The molecule has 0 heterocycles. The van der Waals surface area contributed by atoms with Crippen LogP contribution in [-0.2, 0) is 6.18 Å². The molecule has 2 unspecified atom stereocenters. The second-order valence-electron chi connectivity index (χ2n) is 8.27. The molecule has 0 bridgehead atoms. The quantitative estimate of drug-likeness (QED) is 0.293. The van der Waals surface area contributed by atoms with Gasteiger partial charge in [0, 0.05) is 18.7 Å². The predicted molar refractivity (Wildman–Crippen MR) is 114 cm³/mol. The second kappa shape index (κ2) is 13.0. The van der Waals surface area contributed by atoms with Crippen molar-refractivity contribution in [1.29, 1.82) is 0 Å². The number of benzene rings is 1. The van der Waals surface area contributed by atoms with E-state index in [-0.39, 0.29) is 17.4 Å². The summed E-state index contributed by atoms with van der Waals surface area (Å²) in [5.41, 5.74) is -1.35. The van der Waals surface area contributed by atoms with Gasteiger partial charge in [-0.3, -0.25) is 4.79 Å². The van der Waals surface area contributed by atoms with Gasteiger partial charge in [0.15, 0.2) is 0 Å². The zero-order chi connectivity index (χ0) is 22.7. The molecule has 1 rings (SSSR count). The van der Waals surface area contributed by atoms with E-state index in [9.17, 15) is 22.4 Å². The number of carbonyl (C=O) groups is 1. The summed E-state index contributed by atoms with van der Waals surface area (Å²) < 4.78 is 53.3. The molecule has 172 valence electrons. The second-order valence-corrected chi connectivity index (χ2v) is 8.27. The van der Waals surface area contributed by atoms with Crippen LogP contribution in [0, 0.1) is 17.7 Å². The number of hydrogen-bond donors (Lipinski definition) is 0. The number of halogens is 4. The lowest BCUT2D eigenvalue weighted by molar-refractivity contribution is -0.137. The lowest BCUT2D eigenvalue weighted by Crippen LogP contribution is -2.39. The van der Waals surface area contributed by atoms with Gasteiger partial charge in [-0.15, -0.1) is 0 Å². The number of amides is 1.